The molecule has 144 valence electrons. The highest BCUT2D eigenvalue weighted by atomic mass is 32.1. The van der Waals surface area contributed by atoms with Crippen LogP contribution in [-0.2, 0) is 6.54 Å². The van der Waals surface area contributed by atoms with Crippen molar-refractivity contribution in [1.29, 1.82) is 0 Å². The molecule has 28 heavy (non-hydrogen) atoms. The minimum atomic E-state index is -0.264. The van der Waals surface area contributed by atoms with Gasteiger partial charge in [0.25, 0.3) is 0 Å². The van der Waals surface area contributed by atoms with Crippen LogP contribution in [0.2, 0.25) is 0 Å². The maximum Gasteiger partial charge on any atom is 0.174 e. The van der Waals surface area contributed by atoms with Crippen LogP contribution in [0.4, 0.5) is 10.1 Å². The van der Waals surface area contributed by atoms with Crippen LogP contribution in [0, 0.1) is 5.82 Å². The van der Waals surface area contributed by atoms with Gasteiger partial charge in [-0.25, -0.2) is 4.39 Å². The Balaban J connectivity index is 1.63. The van der Waals surface area contributed by atoms with E-state index < -0.39 is 0 Å². The van der Waals surface area contributed by atoms with Crippen molar-refractivity contribution in [2.75, 3.05) is 18.5 Å². The Kier molecular flexibility index (Phi) is 5.30. The van der Waals surface area contributed by atoms with Crippen molar-refractivity contribution in [3.05, 3.63) is 83.9 Å². The quantitative estimate of drug-likeness (QED) is 0.641. The molecule has 4 rings (SSSR count). The van der Waals surface area contributed by atoms with Crippen molar-refractivity contribution in [2.45, 2.75) is 19.5 Å². The highest BCUT2D eigenvalue weighted by Crippen LogP contribution is 2.33. The van der Waals surface area contributed by atoms with Crippen LogP contribution in [0.15, 0.2) is 66.9 Å². The van der Waals surface area contributed by atoms with E-state index in [2.05, 4.69) is 45.2 Å². The zero-order chi connectivity index (χ0) is 19.5. The van der Waals surface area contributed by atoms with Gasteiger partial charge in [-0.05, 0) is 73.2 Å². The Morgan fingerprint density at radius 2 is 1.86 bits per heavy atom. The lowest BCUT2D eigenvalue weighted by Gasteiger charge is -2.39. The number of halogens is 1. The van der Waals surface area contributed by atoms with Gasteiger partial charge in [0.05, 0.1) is 12.6 Å². The average molecular weight is 396 g/mol. The monoisotopic (exact) mass is 395 g/mol. The van der Waals surface area contributed by atoms with Gasteiger partial charge in [0.15, 0.2) is 5.11 Å². The first kappa shape index (κ1) is 18.5. The molecule has 4 nitrogen and oxygen atoms in total. The number of nitrogens with zero attached hydrogens (tertiary/aromatic N) is 2. The van der Waals surface area contributed by atoms with Crippen molar-refractivity contribution in [2.24, 2.45) is 0 Å². The number of hydrogen-bond acceptors (Lipinski definition) is 2. The van der Waals surface area contributed by atoms with Gasteiger partial charge < -0.3 is 19.5 Å². The molecular formula is C22H22FN3OS. The molecule has 0 radical (unpaired) electrons. The molecule has 2 aromatic carbocycles. The summed E-state index contributed by atoms with van der Waals surface area (Å²) in [7, 11) is 0. The summed E-state index contributed by atoms with van der Waals surface area (Å²) in [4.78, 5) is 2.18. The Morgan fingerprint density at radius 3 is 2.57 bits per heavy atom. The van der Waals surface area contributed by atoms with Crippen LogP contribution in [0.5, 0.6) is 5.75 Å². The topological polar surface area (TPSA) is 29.4 Å². The number of anilines is 1. The summed E-state index contributed by atoms with van der Waals surface area (Å²) < 4.78 is 21.0. The van der Waals surface area contributed by atoms with Crippen LogP contribution >= 0.6 is 12.2 Å². The number of hydrogen-bond donors (Lipinski definition) is 1. The van der Waals surface area contributed by atoms with E-state index in [1.807, 2.05) is 19.1 Å². The molecule has 1 atom stereocenters. The van der Waals surface area contributed by atoms with E-state index in [1.54, 1.807) is 12.1 Å². The molecule has 1 aromatic heterocycles. The zero-order valence-corrected chi connectivity index (χ0v) is 16.5. The third-order valence-corrected chi connectivity index (χ3v) is 5.24. The van der Waals surface area contributed by atoms with Crippen LogP contribution in [0.1, 0.15) is 24.2 Å². The summed E-state index contributed by atoms with van der Waals surface area (Å²) in [5, 5.41) is 3.87. The average Bonchev–Trinajstić information content (AvgIpc) is 3.19. The largest absolute Gasteiger partial charge is 0.494 e. The number of fused-ring (bicyclic) bond motifs is 1. The Labute approximate surface area is 169 Å². The lowest BCUT2D eigenvalue weighted by Crippen LogP contribution is -2.44. The Morgan fingerprint density at radius 1 is 1.11 bits per heavy atom. The predicted molar refractivity (Wildman–Crippen MR) is 113 cm³/mol. The van der Waals surface area contributed by atoms with E-state index in [4.69, 9.17) is 17.0 Å². The third kappa shape index (κ3) is 3.73. The summed E-state index contributed by atoms with van der Waals surface area (Å²) in [6.07, 6.45) is 2.10. The van der Waals surface area contributed by atoms with Crippen molar-refractivity contribution < 1.29 is 9.13 Å². The number of nitrogens with one attached hydrogen (secondary N) is 1. The van der Waals surface area contributed by atoms with Gasteiger partial charge in [-0.3, -0.25) is 0 Å². The fraction of sp³-hybridized carbons (Fsp3) is 0.227. The van der Waals surface area contributed by atoms with Crippen molar-refractivity contribution in [3.63, 3.8) is 0 Å². The van der Waals surface area contributed by atoms with Gasteiger partial charge in [0.1, 0.15) is 11.6 Å². The second-order valence-corrected chi connectivity index (χ2v) is 7.05. The Bertz CT molecular complexity index is 953. The molecule has 0 fully saturated rings. The molecule has 0 unspecified atom stereocenters. The first-order chi connectivity index (χ1) is 13.7. The summed E-state index contributed by atoms with van der Waals surface area (Å²) in [6, 6.07) is 18.6. The second kappa shape index (κ2) is 8.02. The molecular weight excluding hydrogens is 373 g/mol. The fourth-order valence-corrected chi connectivity index (χ4v) is 3.91. The Hall–Kier alpha value is -2.86. The smallest absolute Gasteiger partial charge is 0.174 e. The molecule has 0 saturated heterocycles. The normalized spacial score (nSPS) is 15.8. The lowest BCUT2D eigenvalue weighted by atomic mass is 10.00. The third-order valence-electron chi connectivity index (χ3n) is 4.90. The predicted octanol–water partition coefficient (Wildman–Crippen LogP) is 4.83. The van der Waals surface area contributed by atoms with E-state index >= 15 is 0 Å². The first-order valence-corrected chi connectivity index (χ1v) is 9.77. The summed E-state index contributed by atoms with van der Waals surface area (Å²) in [5.74, 6) is 0.593. The maximum atomic E-state index is 13.2. The molecule has 0 bridgehead atoms. The summed E-state index contributed by atoms with van der Waals surface area (Å²) in [6.45, 7) is 4.26. The van der Waals surface area contributed by atoms with E-state index in [1.165, 1.54) is 17.8 Å². The van der Waals surface area contributed by atoms with Crippen molar-refractivity contribution in [1.82, 2.24) is 9.47 Å². The summed E-state index contributed by atoms with van der Waals surface area (Å²) in [5.41, 5.74) is 3.11. The van der Waals surface area contributed by atoms with Gasteiger partial charge >= 0.3 is 0 Å². The minimum Gasteiger partial charge on any atom is -0.494 e. The standard InChI is InChI=1S/C22H22FN3OS/c1-2-27-19-11-5-16(6-12-19)21-20-4-3-13-25(20)14-15-26(21)22(28)24-18-9-7-17(23)8-10-18/h3-13,21H,2,14-15H2,1H3,(H,24,28)/t21-/m1/s1. The van der Waals surface area contributed by atoms with Gasteiger partial charge in [-0.15, -0.1) is 0 Å². The van der Waals surface area contributed by atoms with Gasteiger partial charge in [-0.1, -0.05) is 12.1 Å². The molecule has 0 saturated carbocycles. The van der Waals surface area contributed by atoms with Crippen LogP contribution in [0.25, 0.3) is 0 Å². The number of benzene rings is 2. The fourth-order valence-electron chi connectivity index (χ4n) is 3.59. The maximum absolute atomic E-state index is 13.2. The van der Waals surface area contributed by atoms with Crippen LogP contribution in [-0.4, -0.2) is 27.7 Å². The highest BCUT2D eigenvalue weighted by molar-refractivity contribution is 7.80. The first-order valence-electron chi connectivity index (χ1n) is 9.36. The minimum absolute atomic E-state index is 0.000116. The molecule has 1 aliphatic heterocycles. The van der Waals surface area contributed by atoms with Gasteiger partial charge in [0.2, 0.25) is 0 Å². The van der Waals surface area contributed by atoms with E-state index in [0.717, 1.165) is 30.1 Å². The zero-order valence-electron chi connectivity index (χ0n) is 15.6. The van der Waals surface area contributed by atoms with Crippen molar-refractivity contribution >= 4 is 23.0 Å². The van der Waals surface area contributed by atoms with Crippen LogP contribution in [0.3, 0.4) is 0 Å². The lowest BCUT2D eigenvalue weighted by molar-refractivity contribution is 0.293. The molecule has 6 heteroatoms. The number of rotatable bonds is 4. The molecule has 2 heterocycles. The molecule has 0 aliphatic carbocycles. The molecule has 0 amide bonds. The van der Waals surface area contributed by atoms with Crippen molar-refractivity contribution in [3.8, 4) is 5.75 Å². The number of ether oxygens (including phenoxy) is 1. The number of thiocarbonyl (C=S) groups is 1. The van der Waals surface area contributed by atoms with Gasteiger partial charge in [-0.2, -0.15) is 0 Å². The summed E-state index contributed by atoms with van der Waals surface area (Å²) >= 11 is 5.72. The van der Waals surface area contributed by atoms with Crippen LogP contribution < -0.4 is 10.1 Å². The highest BCUT2D eigenvalue weighted by Gasteiger charge is 2.30. The van der Waals surface area contributed by atoms with Gasteiger partial charge in [0, 0.05) is 30.7 Å². The second-order valence-electron chi connectivity index (χ2n) is 6.66. The van der Waals surface area contributed by atoms with E-state index in [9.17, 15) is 4.39 Å². The molecule has 3 aromatic rings. The van der Waals surface area contributed by atoms with E-state index in [0.29, 0.717) is 11.7 Å². The molecule has 1 aliphatic rings. The van der Waals surface area contributed by atoms with E-state index in [-0.39, 0.29) is 11.9 Å². The number of aromatic nitrogens is 1. The molecule has 1 N–H and O–H groups in total. The molecule has 0 spiro atoms. The SMILES string of the molecule is CCOc1ccc([C@@H]2c3cccn3CCN2C(=S)Nc2ccc(F)cc2)cc1.